The van der Waals surface area contributed by atoms with Gasteiger partial charge in [0.25, 0.3) is 0 Å². The van der Waals surface area contributed by atoms with Crippen molar-refractivity contribution in [1.29, 1.82) is 0 Å². The first kappa shape index (κ1) is 23.0. The number of methoxy groups -OCH3 is 2. The van der Waals surface area contributed by atoms with Crippen LogP contribution >= 0.6 is 0 Å². The lowest BCUT2D eigenvalue weighted by molar-refractivity contribution is 0.355. The van der Waals surface area contributed by atoms with E-state index in [1.54, 1.807) is 25.1 Å². The molecule has 9 nitrogen and oxygen atoms in total. The van der Waals surface area contributed by atoms with Crippen LogP contribution in [0, 0.1) is 6.92 Å². The molecule has 3 aromatic heterocycles. The highest BCUT2D eigenvalue weighted by atomic mass is 16.5. The van der Waals surface area contributed by atoms with Crippen molar-refractivity contribution in [2.75, 3.05) is 14.2 Å². The maximum absolute atomic E-state index is 6.50. The lowest BCUT2D eigenvalue weighted by atomic mass is 9.84. The van der Waals surface area contributed by atoms with Gasteiger partial charge in [-0.05, 0) is 42.8 Å². The maximum Gasteiger partial charge on any atom is 0.230 e. The zero-order valence-corrected chi connectivity index (χ0v) is 21.6. The summed E-state index contributed by atoms with van der Waals surface area (Å²) in [4.78, 5) is 9.67. The molecule has 1 unspecified atom stereocenters. The van der Waals surface area contributed by atoms with Gasteiger partial charge in [-0.1, -0.05) is 48.5 Å². The van der Waals surface area contributed by atoms with E-state index >= 15 is 0 Å². The van der Waals surface area contributed by atoms with E-state index in [1.807, 2.05) is 78.3 Å². The minimum Gasteiger partial charge on any atom is -0.493 e. The van der Waals surface area contributed by atoms with Gasteiger partial charge in [0.2, 0.25) is 11.8 Å². The molecule has 9 heteroatoms. The molecule has 7 rings (SSSR count). The molecule has 0 radical (unpaired) electrons. The normalized spacial score (nSPS) is 14.0. The van der Waals surface area contributed by atoms with Gasteiger partial charge in [0.15, 0.2) is 23.0 Å². The first-order valence-electron chi connectivity index (χ1n) is 12.5. The fraction of sp³-hybridized carbons (Fsp3) is 0.133. The molecule has 0 bridgehead atoms. The van der Waals surface area contributed by atoms with Crippen LogP contribution in [0.2, 0.25) is 0 Å². The Balaban J connectivity index is 1.45. The van der Waals surface area contributed by atoms with Crippen molar-refractivity contribution in [1.82, 2.24) is 29.4 Å². The van der Waals surface area contributed by atoms with Crippen molar-refractivity contribution in [3.63, 3.8) is 0 Å². The van der Waals surface area contributed by atoms with Gasteiger partial charge >= 0.3 is 0 Å². The molecule has 192 valence electrons. The first-order valence-corrected chi connectivity index (χ1v) is 12.5. The summed E-state index contributed by atoms with van der Waals surface area (Å²) in [6.07, 6.45) is 1.63. The Hall–Kier alpha value is -5.18. The summed E-state index contributed by atoms with van der Waals surface area (Å²) in [5.41, 5.74) is 6.15. The minimum atomic E-state index is -0.207. The molecule has 0 spiro atoms. The average molecular weight is 517 g/mol. The number of hydrogen-bond donors (Lipinski definition) is 0. The molecule has 0 aliphatic carbocycles. The summed E-state index contributed by atoms with van der Waals surface area (Å²) in [6, 6.07) is 25.9. The quantitative estimate of drug-likeness (QED) is 0.295. The number of benzene rings is 3. The zero-order valence-electron chi connectivity index (χ0n) is 21.6. The van der Waals surface area contributed by atoms with Crippen LogP contribution in [0.5, 0.6) is 23.3 Å². The number of fused-ring (bicyclic) bond motifs is 4. The summed E-state index contributed by atoms with van der Waals surface area (Å²) < 4.78 is 20.9. The summed E-state index contributed by atoms with van der Waals surface area (Å²) in [6.45, 7) is 2.01. The fourth-order valence-corrected chi connectivity index (χ4v) is 5.20. The van der Waals surface area contributed by atoms with E-state index in [-0.39, 0.29) is 5.92 Å². The van der Waals surface area contributed by atoms with Crippen LogP contribution in [0.4, 0.5) is 0 Å². The fourth-order valence-electron chi connectivity index (χ4n) is 5.20. The summed E-state index contributed by atoms with van der Waals surface area (Å²) >= 11 is 0. The number of ether oxygens (including phenoxy) is 3. The molecule has 1 aliphatic rings. The van der Waals surface area contributed by atoms with Crippen molar-refractivity contribution >= 4 is 5.65 Å². The Labute approximate surface area is 224 Å². The Bertz CT molecular complexity index is 1830. The zero-order chi connectivity index (χ0) is 26.5. The van der Waals surface area contributed by atoms with Crippen molar-refractivity contribution in [2.45, 2.75) is 12.8 Å². The van der Waals surface area contributed by atoms with Crippen LogP contribution in [-0.2, 0) is 0 Å². The monoisotopic (exact) mass is 516 g/mol. The van der Waals surface area contributed by atoms with Gasteiger partial charge in [-0.2, -0.15) is 5.10 Å². The second-order valence-corrected chi connectivity index (χ2v) is 9.23. The molecule has 39 heavy (non-hydrogen) atoms. The Morgan fingerprint density at radius 1 is 0.821 bits per heavy atom. The Morgan fingerprint density at radius 2 is 1.56 bits per heavy atom. The minimum absolute atomic E-state index is 0.207. The largest absolute Gasteiger partial charge is 0.493 e. The van der Waals surface area contributed by atoms with Crippen LogP contribution in [0.15, 0.2) is 85.2 Å². The maximum atomic E-state index is 6.50. The van der Waals surface area contributed by atoms with Gasteiger partial charge < -0.3 is 14.2 Å². The van der Waals surface area contributed by atoms with Gasteiger partial charge in [-0.15, -0.1) is 5.10 Å². The van der Waals surface area contributed by atoms with Crippen molar-refractivity contribution in [3.8, 4) is 40.3 Å². The van der Waals surface area contributed by atoms with E-state index in [9.17, 15) is 0 Å². The van der Waals surface area contributed by atoms with E-state index in [2.05, 4.69) is 17.1 Å². The molecule has 1 aliphatic heterocycles. The van der Waals surface area contributed by atoms with E-state index in [0.717, 1.165) is 33.6 Å². The highest BCUT2D eigenvalue weighted by Gasteiger charge is 2.38. The van der Waals surface area contributed by atoms with Gasteiger partial charge in [-0.25, -0.2) is 19.2 Å². The summed E-state index contributed by atoms with van der Waals surface area (Å²) in [5.74, 6) is 2.71. The Kier molecular flexibility index (Phi) is 5.29. The second kappa shape index (κ2) is 8.98. The molecule has 0 N–H and O–H groups in total. The molecule has 0 fully saturated rings. The van der Waals surface area contributed by atoms with Crippen LogP contribution in [0.25, 0.3) is 22.7 Å². The molecule has 0 saturated carbocycles. The topological polar surface area (TPSA) is 88.6 Å². The van der Waals surface area contributed by atoms with Gasteiger partial charge in [0.05, 0.1) is 42.6 Å². The number of aromatic nitrogens is 6. The number of hydrogen-bond acceptors (Lipinski definition) is 7. The van der Waals surface area contributed by atoms with E-state index in [4.69, 9.17) is 29.4 Å². The van der Waals surface area contributed by atoms with Crippen molar-refractivity contribution in [3.05, 3.63) is 108 Å². The number of aryl methyl sites for hydroxylation is 1. The first-order chi connectivity index (χ1) is 19.2. The molecule has 0 amide bonds. The molecule has 1 atom stereocenters. The lowest BCUT2D eigenvalue weighted by Crippen LogP contribution is -2.16. The molecule has 0 saturated heterocycles. The Morgan fingerprint density at radius 3 is 2.31 bits per heavy atom. The van der Waals surface area contributed by atoms with E-state index in [1.165, 1.54) is 0 Å². The molecule has 4 heterocycles. The molecule has 6 aromatic rings. The standard InChI is InChI=1S/C30H24N6O3/c1-18-24-25(19-10-6-4-7-11-19)26-28-32-27(20-14-15-22(37-2)23(16-20)38-3)34-35(28)17-31-29(26)39-30(24)36(33-18)21-12-8-5-9-13-21/h4-17,25H,1-3H3. The number of nitrogens with zero attached hydrogens (tertiary/aromatic N) is 6. The predicted octanol–water partition coefficient (Wildman–Crippen LogP) is 5.59. The van der Waals surface area contributed by atoms with Crippen LogP contribution in [0.1, 0.15) is 28.3 Å². The summed E-state index contributed by atoms with van der Waals surface area (Å²) in [7, 11) is 3.22. The van der Waals surface area contributed by atoms with Crippen LogP contribution < -0.4 is 14.2 Å². The van der Waals surface area contributed by atoms with E-state index in [0.29, 0.717) is 34.7 Å². The van der Waals surface area contributed by atoms with Crippen LogP contribution in [0.3, 0.4) is 0 Å². The third-order valence-corrected chi connectivity index (χ3v) is 7.00. The number of rotatable bonds is 5. The molecular formula is C30H24N6O3. The average Bonchev–Trinajstić information content (AvgIpc) is 3.58. The third kappa shape index (κ3) is 3.62. The summed E-state index contributed by atoms with van der Waals surface area (Å²) in [5, 5.41) is 9.64. The van der Waals surface area contributed by atoms with Gasteiger partial charge in [-0.3, -0.25) is 0 Å². The van der Waals surface area contributed by atoms with Gasteiger partial charge in [0.1, 0.15) is 6.33 Å². The van der Waals surface area contributed by atoms with Gasteiger partial charge in [0, 0.05) is 5.56 Å². The SMILES string of the molecule is COc1ccc(-c2nc3c4c(ncn3n2)Oc2c(c(C)nn2-c2ccccc2)C4c2ccccc2)cc1OC. The molecular weight excluding hydrogens is 492 g/mol. The number of para-hydroxylation sites is 1. The molecule has 3 aromatic carbocycles. The van der Waals surface area contributed by atoms with Crippen molar-refractivity contribution in [2.24, 2.45) is 0 Å². The predicted molar refractivity (Wildman–Crippen MR) is 145 cm³/mol. The lowest BCUT2D eigenvalue weighted by Gasteiger charge is -2.26. The van der Waals surface area contributed by atoms with E-state index < -0.39 is 0 Å². The second-order valence-electron chi connectivity index (χ2n) is 9.23. The highest BCUT2D eigenvalue weighted by molar-refractivity contribution is 5.69. The smallest absolute Gasteiger partial charge is 0.230 e. The van der Waals surface area contributed by atoms with Crippen LogP contribution in [-0.4, -0.2) is 43.6 Å². The highest BCUT2D eigenvalue weighted by Crippen LogP contribution is 2.49. The third-order valence-electron chi connectivity index (χ3n) is 7.00. The van der Waals surface area contributed by atoms with Crippen molar-refractivity contribution < 1.29 is 14.2 Å².